The minimum absolute atomic E-state index is 0.173. The van der Waals surface area contributed by atoms with E-state index in [9.17, 15) is 9.59 Å². The summed E-state index contributed by atoms with van der Waals surface area (Å²) < 4.78 is 21.4. The van der Waals surface area contributed by atoms with E-state index in [0.717, 1.165) is 25.7 Å². The molecular weight excluding hydrogens is 338 g/mol. The van der Waals surface area contributed by atoms with E-state index in [4.69, 9.17) is 18.9 Å². The molecule has 0 radical (unpaired) electrons. The number of carbonyl (C=O) groups is 2. The van der Waals surface area contributed by atoms with Crippen molar-refractivity contribution in [1.82, 2.24) is 5.32 Å². The first-order valence-corrected chi connectivity index (χ1v) is 9.01. The van der Waals surface area contributed by atoms with E-state index in [1.165, 1.54) is 13.2 Å². The Morgan fingerprint density at radius 3 is 2.62 bits per heavy atom. The van der Waals surface area contributed by atoms with Crippen LogP contribution < -0.4 is 19.5 Å². The number of benzene rings is 1. The zero-order valence-corrected chi connectivity index (χ0v) is 15.2. The van der Waals surface area contributed by atoms with Gasteiger partial charge in [-0.15, -0.1) is 0 Å². The lowest BCUT2D eigenvalue weighted by Gasteiger charge is -2.26. The molecule has 7 nitrogen and oxygen atoms in total. The molecule has 26 heavy (non-hydrogen) atoms. The van der Waals surface area contributed by atoms with Crippen molar-refractivity contribution in [2.75, 3.05) is 26.9 Å². The highest BCUT2D eigenvalue weighted by Gasteiger charge is 2.23. The third kappa shape index (κ3) is 4.39. The van der Waals surface area contributed by atoms with E-state index >= 15 is 0 Å². The molecule has 1 heterocycles. The smallest absolute Gasteiger partial charge is 0.338 e. The van der Waals surface area contributed by atoms with Crippen LogP contribution in [0.3, 0.4) is 0 Å². The SMILES string of the molecule is COc1cc(C(=O)OCC(=O)NC2CCC(C)CC2)cc2c1OCCO2. The number of nitrogens with one attached hydrogen (secondary N) is 1. The predicted molar refractivity (Wildman–Crippen MR) is 93.8 cm³/mol. The van der Waals surface area contributed by atoms with Crippen LogP contribution in [0.1, 0.15) is 43.0 Å². The average molecular weight is 363 g/mol. The van der Waals surface area contributed by atoms with Gasteiger partial charge in [-0.1, -0.05) is 6.92 Å². The van der Waals surface area contributed by atoms with Crippen molar-refractivity contribution in [2.24, 2.45) is 5.92 Å². The average Bonchev–Trinajstić information content (AvgIpc) is 2.67. The number of ether oxygens (including phenoxy) is 4. The lowest BCUT2D eigenvalue weighted by Crippen LogP contribution is -2.39. The van der Waals surface area contributed by atoms with E-state index in [2.05, 4.69) is 12.2 Å². The maximum absolute atomic E-state index is 12.3. The summed E-state index contributed by atoms with van der Waals surface area (Å²) in [7, 11) is 1.49. The van der Waals surface area contributed by atoms with Crippen LogP contribution >= 0.6 is 0 Å². The maximum atomic E-state index is 12.3. The Labute approximate surface area is 152 Å². The molecule has 0 atom stereocenters. The van der Waals surface area contributed by atoms with Crippen molar-refractivity contribution >= 4 is 11.9 Å². The predicted octanol–water partition coefficient (Wildman–Crippen LogP) is 2.32. The number of rotatable bonds is 5. The van der Waals surface area contributed by atoms with Gasteiger partial charge in [0, 0.05) is 6.04 Å². The van der Waals surface area contributed by atoms with Gasteiger partial charge < -0.3 is 24.3 Å². The molecule has 0 bridgehead atoms. The van der Waals surface area contributed by atoms with Crippen molar-refractivity contribution in [1.29, 1.82) is 0 Å². The van der Waals surface area contributed by atoms with E-state index < -0.39 is 5.97 Å². The maximum Gasteiger partial charge on any atom is 0.338 e. The van der Waals surface area contributed by atoms with Crippen LogP contribution in [0.5, 0.6) is 17.2 Å². The summed E-state index contributed by atoms with van der Waals surface area (Å²) >= 11 is 0. The molecule has 1 N–H and O–H groups in total. The first kappa shape index (κ1) is 18.4. The molecule has 1 aliphatic heterocycles. The molecule has 1 aromatic carbocycles. The number of hydrogen-bond acceptors (Lipinski definition) is 6. The Morgan fingerprint density at radius 2 is 1.88 bits per heavy atom. The molecule has 0 unspecified atom stereocenters. The van der Waals surface area contributed by atoms with Crippen LogP contribution in [0, 0.1) is 5.92 Å². The fourth-order valence-electron chi connectivity index (χ4n) is 3.28. The summed E-state index contributed by atoms with van der Waals surface area (Å²) in [5.41, 5.74) is 0.255. The molecule has 1 amide bonds. The standard InChI is InChI=1S/C19H25NO6/c1-12-3-5-14(6-4-12)20-17(21)11-26-19(22)13-9-15(23-2)18-16(10-13)24-7-8-25-18/h9-10,12,14H,3-8,11H2,1-2H3,(H,20,21). The van der Waals surface area contributed by atoms with E-state index in [1.54, 1.807) is 6.07 Å². The van der Waals surface area contributed by atoms with Gasteiger partial charge >= 0.3 is 5.97 Å². The van der Waals surface area contributed by atoms with Gasteiger partial charge in [0.05, 0.1) is 12.7 Å². The Balaban J connectivity index is 1.55. The lowest BCUT2D eigenvalue weighted by molar-refractivity contribution is -0.125. The van der Waals surface area contributed by atoms with Crippen LogP contribution in [0.25, 0.3) is 0 Å². The summed E-state index contributed by atoms with van der Waals surface area (Å²) in [5.74, 6) is 1.14. The molecule has 0 spiro atoms. The largest absolute Gasteiger partial charge is 0.493 e. The summed E-state index contributed by atoms with van der Waals surface area (Å²) in [5, 5.41) is 2.93. The Bertz CT molecular complexity index is 649. The summed E-state index contributed by atoms with van der Waals surface area (Å²) in [6.07, 6.45) is 4.17. The van der Waals surface area contributed by atoms with Gasteiger partial charge in [0.15, 0.2) is 18.1 Å². The van der Waals surface area contributed by atoms with Gasteiger partial charge in [-0.3, -0.25) is 4.79 Å². The fraction of sp³-hybridized carbons (Fsp3) is 0.579. The van der Waals surface area contributed by atoms with Crippen LogP contribution in [-0.2, 0) is 9.53 Å². The highest BCUT2D eigenvalue weighted by Crippen LogP contribution is 2.40. The second-order valence-corrected chi connectivity index (χ2v) is 6.80. The van der Waals surface area contributed by atoms with Gasteiger partial charge in [-0.2, -0.15) is 0 Å². The molecule has 3 rings (SSSR count). The van der Waals surface area contributed by atoms with Gasteiger partial charge in [0.1, 0.15) is 13.2 Å². The van der Waals surface area contributed by atoms with Crippen LogP contribution in [-0.4, -0.2) is 44.8 Å². The number of fused-ring (bicyclic) bond motifs is 1. The lowest BCUT2D eigenvalue weighted by atomic mass is 9.87. The number of amides is 1. The monoisotopic (exact) mass is 363 g/mol. The zero-order chi connectivity index (χ0) is 18.5. The van der Waals surface area contributed by atoms with Crippen LogP contribution in [0.2, 0.25) is 0 Å². The molecule has 2 aliphatic rings. The summed E-state index contributed by atoms with van der Waals surface area (Å²) in [6, 6.07) is 3.24. The third-order valence-corrected chi connectivity index (χ3v) is 4.78. The zero-order valence-electron chi connectivity index (χ0n) is 15.2. The first-order chi connectivity index (χ1) is 12.6. The van der Waals surface area contributed by atoms with E-state index in [1.807, 2.05) is 0 Å². The van der Waals surface area contributed by atoms with Crippen molar-refractivity contribution < 1.29 is 28.5 Å². The molecule has 1 saturated carbocycles. The molecule has 0 saturated heterocycles. The Morgan fingerprint density at radius 1 is 1.15 bits per heavy atom. The van der Waals surface area contributed by atoms with Crippen molar-refractivity contribution in [2.45, 2.75) is 38.6 Å². The number of hydrogen-bond donors (Lipinski definition) is 1. The number of methoxy groups -OCH3 is 1. The van der Waals surface area contributed by atoms with Gasteiger partial charge in [-0.05, 0) is 43.7 Å². The molecule has 1 aliphatic carbocycles. The number of carbonyl (C=O) groups excluding carboxylic acids is 2. The molecule has 7 heteroatoms. The molecule has 142 valence electrons. The number of esters is 1. The topological polar surface area (TPSA) is 83.1 Å². The summed E-state index contributed by atoms with van der Waals surface area (Å²) in [4.78, 5) is 24.3. The van der Waals surface area contributed by atoms with Crippen molar-refractivity contribution in [3.05, 3.63) is 17.7 Å². The second-order valence-electron chi connectivity index (χ2n) is 6.80. The fourth-order valence-corrected chi connectivity index (χ4v) is 3.28. The van der Waals surface area contributed by atoms with Crippen molar-refractivity contribution in [3.63, 3.8) is 0 Å². The first-order valence-electron chi connectivity index (χ1n) is 9.01. The second kappa shape index (κ2) is 8.29. The Hall–Kier alpha value is -2.44. The van der Waals surface area contributed by atoms with Crippen molar-refractivity contribution in [3.8, 4) is 17.2 Å². The molecular formula is C19H25NO6. The third-order valence-electron chi connectivity index (χ3n) is 4.78. The van der Waals surface area contributed by atoms with Gasteiger partial charge in [-0.25, -0.2) is 4.79 Å². The molecule has 0 aromatic heterocycles. The quantitative estimate of drug-likeness (QED) is 0.809. The minimum atomic E-state index is -0.604. The Kier molecular flexibility index (Phi) is 5.85. The normalized spacial score (nSPS) is 21.6. The molecule has 1 fully saturated rings. The van der Waals surface area contributed by atoms with Crippen LogP contribution in [0.15, 0.2) is 12.1 Å². The van der Waals surface area contributed by atoms with Gasteiger partial charge in [0.2, 0.25) is 5.75 Å². The highest BCUT2D eigenvalue weighted by atomic mass is 16.6. The van der Waals surface area contributed by atoms with Crippen LogP contribution in [0.4, 0.5) is 0 Å². The minimum Gasteiger partial charge on any atom is -0.493 e. The summed E-state index contributed by atoms with van der Waals surface area (Å²) in [6.45, 7) is 2.74. The van der Waals surface area contributed by atoms with Gasteiger partial charge in [0.25, 0.3) is 5.91 Å². The van der Waals surface area contributed by atoms with E-state index in [0.29, 0.717) is 36.4 Å². The highest BCUT2D eigenvalue weighted by molar-refractivity contribution is 5.92. The van der Waals surface area contributed by atoms with E-state index in [-0.39, 0.29) is 24.1 Å². The molecule has 1 aromatic rings.